The number of rotatable bonds is 4. The van der Waals surface area contributed by atoms with Crippen molar-refractivity contribution in [3.63, 3.8) is 0 Å². The van der Waals surface area contributed by atoms with Gasteiger partial charge in [0, 0.05) is 32.2 Å². The van der Waals surface area contributed by atoms with Gasteiger partial charge in [0.25, 0.3) is 5.69 Å². The van der Waals surface area contributed by atoms with Gasteiger partial charge in [0.2, 0.25) is 0 Å². The van der Waals surface area contributed by atoms with Crippen LogP contribution in [0.1, 0.15) is 15.9 Å². The molecule has 1 fully saturated rings. The Bertz CT molecular complexity index is 874. The van der Waals surface area contributed by atoms with Crippen LogP contribution in [0.3, 0.4) is 0 Å². The van der Waals surface area contributed by atoms with E-state index in [1.54, 1.807) is 24.3 Å². The van der Waals surface area contributed by atoms with E-state index in [9.17, 15) is 14.9 Å². The number of benzene rings is 2. The molecule has 0 radical (unpaired) electrons. The van der Waals surface area contributed by atoms with E-state index >= 15 is 0 Å². The van der Waals surface area contributed by atoms with Gasteiger partial charge >= 0.3 is 5.97 Å². The van der Waals surface area contributed by atoms with Gasteiger partial charge in [-0.3, -0.25) is 10.1 Å². The van der Waals surface area contributed by atoms with Crippen LogP contribution < -0.4 is 4.90 Å². The maximum Gasteiger partial charge on any atom is 0.337 e. The summed E-state index contributed by atoms with van der Waals surface area (Å²) in [6.07, 6.45) is 0. The number of hydrogen-bond donors (Lipinski definition) is 0. The lowest BCUT2D eigenvalue weighted by Gasteiger charge is -2.33. The molecule has 0 aromatic heterocycles. The van der Waals surface area contributed by atoms with Crippen molar-refractivity contribution in [2.45, 2.75) is 6.92 Å². The number of nitro benzene ring substituents is 1. The molecule has 0 spiro atoms. The second-order valence-electron chi connectivity index (χ2n) is 6.77. The largest absolute Gasteiger partial charge is 0.465 e. The van der Waals surface area contributed by atoms with E-state index in [2.05, 4.69) is 16.8 Å². The van der Waals surface area contributed by atoms with Gasteiger partial charge in [0.05, 0.1) is 17.6 Å². The van der Waals surface area contributed by atoms with Crippen molar-refractivity contribution >= 4 is 17.3 Å². The molecule has 2 aromatic rings. The average molecular weight is 369 g/mol. The van der Waals surface area contributed by atoms with Crippen molar-refractivity contribution in [3.8, 4) is 11.1 Å². The lowest BCUT2D eigenvalue weighted by molar-refractivity contribution is -0.384. The first-order valence-electron chi connectivity index (χ1n) is 8.82. The SMILES string of the molecule is COC(=O)c1ccc(-c2ccc(N3CCN(C)CC3)c([N+](=O)[O-])c2)c(C)c1. The molecule has 27 heavy (non-hydrogen) atoms. The van der Waals surface area contributed by atoms with E-state index in [4.69, 9.17) is 4.74 Å². The summed E-state index contributed by atoms with van der Waals surface area (Å²) in [5.41, 5.74) is 3.69. The Balaban J connectivity index is 1.97. The van der Waals surface area contributed by atoms with E-state index in [0.717, 1.165) is 42.9 Å². The molecule has 0 atom stereocenters. The summed E-state index contributed by atoms with van der Waals surface area (Å²) in [7, 11) is 3.39. The summed E-state index contributed by atoms with van der Waals surface area (Å²) < 4.78 is 4.74. The molecule has 0 bridgehead atoms. The maximum atomic E-state index is 11.7. The molecule has 0 amide bonds. The Labute approximate surface area is 158 Å². The van der Waals surface area contributed by atoms with Crippen LogP contribution in [-0.2, 0) is 4.74 Å². The van der Waals surface area contributed by atoms with Crippen LogP contribution in [0, 0.1) is 17.0 Å². The third kappa shape index (κ3) is 3.93. The molecule has 0 aliphatic carbocycles. The van der Waals surface area contributed by atoms with Crippen LogP contribution in [0.15, 0.2) is 36.4 Å². The van der Waals surface area contributed by atoms with Crippen molar-refractivity contribution in [1.29, 1.82) is 0 Å². The number of piperazine rings is 1. The van der Waals surface area contributed by atoms with E-state index in [0.29, 0.717) is 11.3 Å². The van der Waals surface area contributed by atoms with Crippen LogP contribution in [0.2, 0.25) is 0 Å². The third-order valence-electron chi connectivity index (χ3n) is 4.97. The lowest BCUT2D eigenvalue weighted by atomic mass is 9.97. The van der Waals surface area contributed by atoms with Gasteiger partial charge in [-0.15, -0.1) is 0 Å². The summed E-state index contributed by atoms with van der Waals surface area (Å²) in [5.74, 6) is -0.402. The predicted molar refractivity (Wildman–Crippen MR) is 104 cm³/mol. The van der Waals surface area contributed by atoms with Gasteiger partial charge in [-0.2, -0.15) is 0 Å². The van der Waals surface area contributed by atoms with Gasteiger partial charge in [0.1, 0.15) is 5.69 Å². The fourth-order valence-electron chi connectivity index (χ4n) is 3.38. The quantitative estimate of drug-likeness (QED) is 0.468. The first-order valence-corrected chi connectivity index (χ1v) is 8.82. The number of esters is 1. The minimum Gasteiger partial charge on any atom is -0.465 e. The number of aryl methyl sites for hydroxylation is 1. The summed E-state index contributed by atoms with van der Waals surface area (Å²) >= 11 is 0. The van der Waals surface area contributed by atoms with Crippen molar-refractivity contribution in [1.82, 2.24) is 4.90 Å². The minimum atomic E-state index is -0.402. The fourth-order valence-corrected chi connectivity index (χ4v) is 3.38. The number of carbonyl (C=O) groups is 1. The molecule has 0 N–H and O–H groups in total. The number of nitro groups is 1. The number of nitrogens with zero attached hydrogens (tertiary/aromatic N) is 3. The highest BCUT2D eigenvalue weighted by atomic mass is 16.6. The van der Waals surface area contributed by atoms with Crippen molar-refractivity contribution in [3.05, 3.63) is 57.6 Å². The Hall–Kier alpha value is -2.93. The van der Waals surface area contributed by atoms with Crippen molar-refractivity contribution in [2.75, 3.05) is 45.2 Å². The summed E-state index contributed by atoms with van der Waals surface area (Å²) in [5, 5.41) is 11.7. The average Bonchev–Trinajstić information content (AvgIpc) is 2.67. The molecule has 2 aromatic carbocycles. The molecule has 1 saturated heterocycles. The first kappa shape index (κ1) is 18.8. The third-order valence-corrected chi connectivity index (χ3v) is 4.97. The molecule has 142 valence electrons. The van der Waals surface area contributed by atoms with Crippen molar-refractivity contribution in [2.24, 2.45) is 0 Å². The van der Waals surface area contributed by atoms with Crippen molar-refractivity contribution < 1.29 is 14.5 Å². The Morgan fingerprint density at radius 2 is 1.81 bits per heavy atom. The zero-order valence-electron chi connectivity index (χ0n) is 15.8. The highest BCUT2D eigenvalue weighted by Crippen LogP contribution is 2.35. The number of likely N-dealkylation sites (N-methyl/N-ethyl adjacent to an activating group) is 1. The van der Waals surface area contributed by atoms with Crippen LogP contribution in [-0.4, -0.2) is 56.1 Å². The number of anilines is 1. The molecule has 0 saturated carbocycles. The maximum absolute atomic E-state index is 11.7. The number of hydrogen-bond acceptors (Lipinski definition) is 6. The summed E-state index contributed by atoms with van der Waals surface area (Å²) in [6.45, 7) is 5.18. The lowest BCUT2D eigenvalue weighted by Crippen LogP contribution is -2.44. The van der Waals surface area contributed by atoms with Crippen LogP contribution in [0.25, 0.3) is 11.1 Å². The second kappa shape index (κ2) is 7.75. The predicted octanol–water partition coefficient (Wildman–Crippen LogP) is 3.11. The van der Waals surface area contributed by atoms with E-state index in [1.807, 2.05) is 19.1 Å². The van der Waals surface area contributed by atoms with Gasteiger partial charge < -0.3 is 14.5 Å². The zero-order chi connectivity index (χ0) is 19.6. The summed E-state index contributed by atoms with van der Waals surface area (Å²) in [4.78, 5) is 27.3. The molecule has 7 heteroatoms. The molecule has 1 aliphatic rings. The van der Waals surface area contributed by atoms with Gasteiger partial charge in [-0.1, -0.05) is 12.1 Å². The van der Waals surface area contributed by atoms with Crippen LogP contribution in [0.4, 0.5) is 11.4 Å². The normalized spacial score (nSPS) is 14.9. The molecular formula is C20H23N3O4. The van der Waals surface area contributed by atoms with Crippen LogP contribution in [0.5, 0.6) is 0 Å². The van der Waals surface area contributed by atoms with Gasteiger partial charge in [0.15, 0.2) is 0 Å². The standard InChI is InChI=1S/C20H23N3O4/c1-14-12-16(20(24)27-3)4-6-17(14)15-5-7-18(19(13-15)23(25)26)22-10-8-21(2)9-11-22/h4-7,12-13H,8-11H2,1-3H3. The van der Waals surface area contributed by atoms with E-state index in [1.165, 1.54) is 7.11 Å². The van der Waals surface area contributed by atoms with Crippen LogP contribution >= 0.6 is 0 Å². The Morgan fingerprint density at radius 1 is 1.11 bits per heavy atom. The molecule has 1 heterocycles. The number of carbonyl (C=O) groups excluding carboxylic acids is 1. The molecule has 0 unspecified atom stereocenters. The minimum absolute atomic E-state index is 0.105. The molecule has 7 nitrogen and oxygen atoms in total. The zero-order valence-corrected chi connectivity index (χ0v) is 15.8. The second-order valence-corrected chi connectivity index (χ2v) is 6.77. The Kier molecular flexibility index (Phi) is 5.41. The summed E-state index contributed by atoms with van der Waals surface area (Å²) in [6, 6.07) is 10.6. The molecule has 1 aliphatic heterocycles. The smallest absolute Gasteiger partial charge is 0.337 e. The number of methoxy groups -OCH3 is 1. The highest BCUT2D eigenvalue weighted by Gasteiger charge is 2.23. The molecule has 3 rings (SSSR count). The van der Waals surface area contributed by atoms with E-state index in [-0.39, 0.29) is 10.6 Å². The Morgan fingerprint density at radius 3 is 2.41 bits per heavy atom. The van der Waals surface area contributed by atoms with Gasteiger partial charge in [-0.05, 0) is 48.9 Å². The van der Waals surface area contributed by atoms with Gasteiger partial charge in [-0.25, -0.2) is 4.79 Å². The topological polar surface area (TPSA) is 75.9 Å². The highest BCUT2D eigenvalue weighted by molar-refractivity contribution is 5.90. The monoisotopic (exact) mass is 369 g/mol. The number of ether oxygens (including phenoxy) is 1. The first-order chi connectivity index (χ1) is 12.9. The molecular weight excluding hydrogens is 346 g/mol. The van der Waals surface area contributed by atoms with E-state index < -0.39 is 5.97 Å². The fraction of sp³-hybridized carbons (Fsp3) is 0.350.